The SMILES string of the molecule is CNC(=O)c1cc(Oc2cccc(C(=O)Nc3nc4ccc(Cl)cc4[nH]3)c2)ccn1. The van der Waals surface area contributed by atoms with Gasteiger partial charge in [-0.2, -0.15) is 0 Å². The van der Waals surface area contributed by atoms with Gasteiger partial charge in [-0.1, -0.05) is 17.7 Å². The lowest BCUT2D eigenvalue weighted by atomic mass is 10.2. The lowest BCUT2D eigenvalue weighted by Gasteiger charge is -2.08. The maximum atomic E-state index is 12.6. The molecule has 0 saturated carbocycles. The molecule has 0 bridgehead atoms. The van der Waals surface area contributed by atoms with Gasteiger partial charge in [0.25, 0.3) is 11.8 Å². The number of ether oxygens (including phenoxy) is 1. The molecule has 4 aromatic rings. The Balaban J connectivity index is 1.51. The van der Waals surface area contributed by atoms with E-state index in [1.54, 1.807) is 48.5 Å². The molecule has 0 atom stereocenters. The predicted octanol–water partition coefficient (Wildman–Crippen LogP) is 4.02. The van der Waals surface area contributed by atoms with Crippen LogP contribution in [0.3, 0.4) is 0 Å². The number of H-pyrrole nitrogens is 1. The number of nitrogens with zero attached hydrogens (tertiary/aromatic N) is 2. The van der Waals surface area contributed by atoms with E-state index in [0.29, 0.717) is 33.6 Å². The number of nitrogens with one attached hydrogen (secondary N) is 3. The average molecular weight is 422 g/mol. The second-order valence-electron chi connectivity index (χ2n) is 6.29. The Kier molecular flexibility index (Phi) is 5.32. The number of hydrogen-bond donors (Lipinski definition) is 3. The molecule has 0 spiro atoms. The zero-order valence-corrected chi connectivity index (χ0v) is 16.5. The standard InChI is InChI=1S/C21H16ClN5O3/c1-23-20(29)18-11-15(7-8-24-18)30-14-4-2-3-12(9-14)19(28)27-21-25-16-6-5-13(22)10-17(16)26-21/h2-11H,1H3,(H,23,29)(H2,25,26,27,28). The van der Waals surface area contributed by atoms with Crippen molar-refractivity contribution in [1.29, 1.82) is 0 Å². The summed E-state index contributed by atoms with van der Waals surface area (Å²) in [5.41, 5.74) is 2.02. The number of aromatic amines is 1. The molecule has 9 heteroatoms. The zero-order chi connectivity index (χ0) is 21.1. The number of pyridine rings is 1. The average Bonchev–Trinajstić information content (AvgIpc) is 3.14. The summed E-state index contributed by atoms with van der Waals surface area (Å²) in [6.45, 7) is 0. The highest BCUT2D eigenvalue weighted by Gasteiger charge is 2.12. The number of imidazole rings is 1. The number of aromatic nitrogens is 3. The molecule has 0 fully saturated rings. The van der Waals surface area contributed by atoms with Gasteiger partial charge in [0, 0.05) is 29.9 Å². The van der Waals surface area contributed by atoms with Crippen LogP contribution in [-0.4, -0.2) is 33.8 Å². The molecule has 2 heterocycles. The van der Waals surface area contributed by atoms with E-state index in [-0.39, 0.29) is 17.5 Å². The van der Waals surface area contributed by atoms with Crippen LogP contribution in [0.5, 0.6) is 11.5 Å². The van der Waals surface area contributed by atoms with Crippen molar-refractivity contribution in [3.05, 3.63) is 77.1 Å². The minimum absolute atomic E-state index is 0.230. The number of amides is 2. The third kappa shape index (κ3) is 4.23. The molecule has 4 rings (SSSR count). The maximum absolute atomic E-state index is 12.6. The Labute approximate surface area is 176 Å². The number of carbonyl (C=O) groups excluding carboxylic acids is 2. The fourth-order valence-electron chi connectivity index (χ4n) is 2.78. The van der Waals surface area contributed by atoms with Gasteiger partial charge in [-0.25, -0.2) is 4.98 Å². The van der Waals surface area contributed by atoms with E-state index < -0.39 is 0 Å². The van der Waals surface area contributed by atoms with Crippen LogP contribution in [0.15, 0.2) is 60.8 Å². The van der Waals surface area contributed by atoms with Crippen molar-refractivity contribution >= 4 is 40.4 Å². The number of fused-ring (bicyclic) bond motifs is 1. The van der Waals surface area contributed by atoms with E-state index in [1.165, 1.54) is 19.3 Å². The van der Waals surface area contributed by atoms with E-state index in [9.17, 15) is 9.59 Å². The van der Waals surface area contributed by atoms with Gasteiger partial charge >= 0.3 is 0 Å². The summed E-state index contributed by atoms with van der Waals surface area (Å²) in [5, 5.41) is 5.80. The van der Waals surface area contributed by atoms with Gasteiger partial charge in [-0.15, -0.1) is 0 Å². The van der Waals surface area contributed by atoms with E-state index in [2.05, 4.69) is 25.6 Å². The molecule has 2 aromatic heterocycles. The lowest BCUT2D eigenvalue weighted by molar-refractivity contribution is 0.0957. The number of carbonyl (C=O) groups is 2. The van der Waals surface area contributed by atoms with Crippen molar-refractivity contribution in [3.63, 3.8) is 0 Å². The normalized spacial score (nSPS) is 10.6. The highest BCUT2D eigenvalue weighted by molar-refractivity contribution is 6.31. The monoisotopic (exact) mass is 421 g/mol. The molecule has 0 unspecified atom stereocenters. The summed E-state index contributed by atoms with van der Waals surface area (Å²) in [6.07, 6.45) is 1.48. The largest absolute Gasteiger partial charge is 0.457 e. The highest BCUT2D eigenvalue weighted by Crippen LogP contribution is 2.23. The molecule has 150 valence electrons. The smallest absolute Gasteiger partial charge is 0.269 e. The summed E-state index contributed by atoms with van der Waals surface area (Å²) >= 11 is 5.97. The maximum Gasteiger partial charge on any atom is 0.269 e. The number of rotatable bonds is 5. The van der Waals surface area contributed by atoms with Crippen molar-refractivity contribution in [2.45, 2.75) is 0 Å². The molecule has 0 radical (unpaired) electrons. The van der Waals surface area contributed by atoms with Crippen LogP contribution in [0.4, 0.5) is 5.95 Å². The zero-order valence-electron chi connectivity index (χ0n) is 15.8. The van der Waals surface area contributed by atoms with E-state index in [1.807, 2.05) is 0 Å². The van der Waals surface area contributed by atoms with E-state index >= 15 is 0 Å². The van der Waals surface area contributed by atoms with Gasteiger partial charge < -0.3 is 15.0 Å². The van der Waals surface area contributed by atoms with Crippen LogP contribution >= 0.6 is 11.6 Å². The first kappa shape index (κ1) is 19.4. The fourth-order valence-corrected chi connectivity index (χ4v) is 2.96. The van der Waals surface area contributed by atoms with E-state index in [0.717, 1.165) is 5.52 Å². The van der Waals surface area contributed by atoms with Crippen molar-refractivity contribution in [2.24, 2.45) is 0 Å². The van der Waals surface area contributed by atoms with Gasteiger partial charge in [0.05, 0.1) is 11.0 Å². The van der Waals surface area contributed by atoms with Crippen LogP contribution < -0.4 is 15.4 Å². The Hall–Kier alpha value is -3.91. The molecule has 0 aliphatic carbocycles. The third-order valence-corrected chi connectivity index (χ3v) is 4.43. The van der Waals surface area contributed by atoms with Crippen LogP contribution in [-0.2, 0) is 0 Å². The Morgan fingerprint density at radius 2 is 1.87 bits per heavy atom. The predicted molar refractivity (Wildman–Crippen MR) is 113 cm³/mol. The van der Waals surface area contributed by atoms with Crippen LogP contribution in [0.1, 0.15) is 20.8 Å². The van der Waals surface area contributed by atoms with Crippen LogP contribution in [0, 0.1) is 0 Å². The Bertz CT molecular complexity index is 1250. The number of hydrogen-bond acceptors (Lipinski definition) is 5. The first-order valence-electron chi connectivity index (χ1n) is 8.94. The quantitative estimate of drug-likeness (QED) is 0.451. The Morgan fingerprint density at radius 1 is 1.03 bits per heavy atom. The summed E-state index contributed by atoms with van der Waals surface area (Å²) in [5.74, 6) is 0.503. The van der Waals surface area contributed by atoms with E-state index in [4.69, 9.17) is 16.3 Å². The summed E-state index contributed by atoms with van der Waals surface area (Å²) in [6, 6.07) is 15.0. The summed E-state index contributed by atoms with van der Waals surface area (Å²) in [4.78, 5) is 35.7. The van der Waals surface area contributed by atoms with Crippen LogP contribution in [0.2, 0.25) is 5.02 Å². The number of benzene rings is 2. The van der Waals surface area contributed by atoms with Gasteiger partial charge in [0.1, 0.15) is 17.2 Å². The van der Waals surface area contributed by atoms with Crippen molar-refractivity contribution < 1.29 is 14.3 Å². The fraction of sp³-hybridized carbons (Fsp3) is 0.0476. The molecular weight excluding hydrogens is 406 g/mol. The second kappa shape index (κ2) is 8.22. The van der Waals surface area contributed by atoms with Crippen molar-refractivity contribution in [1.82, 2.24) is 20.3 Å². The van der Waals surface area contributed by atoms with Crippen molar-refractivity contribution in [3.8, 4) is 11.5 Å². The summed E-state index contributed by atoms with van der Waals surface area (Å²) < 4.78 is 5.78. The highest BCUT2D eigenvalue weighted by atomic mass is 35.5. The molecule has 2 amide bonds. The second-order valence-corrected chi connectivity index (χ2v) is 6.72. The van der Waals surface area contributed by atoms with Crippen molar-refractivity contribution in [2.75, 3.05) is 12.4 Å². The van der Waals surface area contributed by atoms with Gasteiger partial charge in [0.2, 0.25) is 5.95 Å². The molecular formula is C21H16ClN5O3. The topological polar surface area (TPSA) is 109 Å². The van der Waals surface area contributed by atoms with Gasteiger partial charge in [-0.05, 0) is 42.5 Å². The third-order valence-electron chi connectivity index (χ3n) is 4.20. The first-order valence-corrected chi connectivity index (χ1v) is 9.32. The molecule has 0 aliphatic heterocycles. The molecule has 2 aromatic carbocycles. The van der Waals surface area contributed by atoms with Gasteiger partial charge in [-0.3, -0.25) is 19.9 Å². The minimum Gasteiger partial charge on any atom is -0.457 e. The first-order chi connectivity index (χ1) is 14.5. The number of halogens is 1. The number of anilines is 1. The molecule has 3 N–H and O–H groups in total. The molecule has 0 aliphatic rings. The Morgan fingerprint density at radius 3 is 2.70 bits per heavy atom. The lowest BCUT2D eigenvalue weighted by Crippen LogP contribution is -2.18. The molecule has 8 nitrogen and oxygen atoms in total. The van der Waals surface area contributed by atoms with Crippen LogP contribution in [0.25, 0.3) is 11.0 Å². The molecule has 0 saturated heterocycles. The minimum atomic E-state index is -0.355. The van der Waals surface area contributed by atoms with Gasteiger partial charge in [0.15, 0.2) is 0 Å². The molecule has 30 heavy (non-hydrogen) atoms. The summed E-state index contributed by atoms with van der Waals surface area (Å²) in [7, 11) is 1.52.